The molecule has 2 N–H and O–H groups in total. The fourth-order valence-corrected chi connectivity index (χ4v) is 4.90. The highest BCUT2D eigenvalue weighted by Crippen LogP contribution is 2.34. The average molecular weight is 487 g/mol. The van der Waals surface area contributed by atoms with Gasteiger partial charge in [-0.1, -0.05) is 6.07 Å². The minimum Gasteiger partial charge on any atom is -0.497 e. The Morgan fingerprint density at radius 2 is 1.73 bits per heavy atom. The summed E-state index contributed by atoms with van der Waals surface area (Å²) < 4.78 is 44.1. The number of methoxy groups -OCH3 is 1. The van der Waals surface area contributed by atoms with Crippen molar-refractivity contribution in [3.8, 4) is 17.2 Å². The monoisotopic (exact) mass is 486 g/mol. The highest BCUT2D eigenvalue weighted by atomic mass is 32.2. The van der Waals surface area contributed by atoms with Crippen molar-refractivity contribution < 1.29 is 27.4 Å². The second kappa shape index (κ2) is 10.1. The summed E-state index contributed by atoms with van der Waals surface area (Å²) in [7, 11) is -2.29. The molecule has 33 heavy (non-hydrogen) atoms. The lowest BCUT2D eigenvalue weighted by Crippen LogP contribution is -2.16. The molecule has 0 spiro atoms. The van der Waals surface area contributed by atoms with Gasteiger partial charge in [-0.25, -0.2) is 8.42 Å². The number of anilines is 2. The topological polar surface area (TPSA) is 103 Å². The molecule has 4 rings (SSSR count). The summed E-state index contributed by atoms with van der Waals surface area (Å²) in [6, 6.07) is 18.2. The van der Waals surface area contributed by atoms with E-state index in [0.717, 1.165) is 4.90 Å². The molecule has 0 bridgehead atoms. The summed E-state index contributed by atoms with van der Waals surface area (Å²) in [4.78, 5) is 13.3. The molecule has 8 nitrogen and oxygen atoms in total. The van der Waals surface area contributed by atoms with Crippen LogP contribution in [0.3, 0.4) is 0 Å². The van der Waals surface area contributed by atoms with Crippen LogP contribution in [0.1, 0.15) is 0 Å². The zero-order valence-corrected chi connectivity index (χ0v) is 19.4. The first-order valence-electron chi connectivity index (χ1n) is 10.0. The van der Waals surface area contributed by atoms with Crippen LogP contribution in [0.15, 0.2) is 76.5 Å². The second-order valence-electron chi connectivity index (χ2n) is 7.00. The summed E-state index contributed by atoms with van der Waals surface area (Å²) in [6.07, 6.45) is 0. The number of rotatable bonds is 8. The zero-order valence-electron chi connectivity index (χ0n) is 17.7. The van der Waals surface area contributed by atoms with Gasteiger partial charge in [-0.2, -0.15) is 0 Å². The first-order chi connectivity index (χ1) is 15.9. The molecular formula is C23H22N2O6S2. The normalized spacial score (nSPS) is 12.6. The van der Waals surface area contributed by atoms with Crippen molar-refractivity contribution >= 4 is 39.1 Å². The largest absolute Gasteiger partial charge is 0.497 e. The predicted octanol–water partition coefficient (Wildman–Crippen LogP) is 4.00. The Labute approximate surface area is 196 Å². The molecule has 0 saturated heterocycles. The number of hydrogen-bond donors (Lipinski definition) is 2. The Morgan fingerprint density at radius 1 is 0.970 bits per heavy atom. The van der Waals surface area contributed by atoms with Gasteiger partial charge in [0.25, 0.3) is 10.0 Å². The van der Waals surface area contributed by atoms with Crippen LogP contribution < -0.4 is 24.2 Å². The number of amides is 1. The molecule has 1 heterocycles. The average Bonchev–Trinajstić information content (AvgIpc) is 2.83. The van der Waals surface area contributed by atoms with Crippen LogP contribution in [0, 0.1) is 0 Å². The number of sulfonamides is 1. The van der Waals surface area contributed by atoms with E-state index in [-0.39, 0.29) is 16.6 Å². The van der Waals surface area contributed by atoms with Crippen molar-refractivity contribution in [1.29, 1.82) is 0 Å². The van der Waals surface area contributed by atoms with Crippen molar-refractivity contribution in [1.82, 2.24) is 0 Å². The third kappa shape index (κ3) is 5.91. The van der Waals surface area contributed by atoms with Crippen molar-refractivity contribution in [2.45, 2.75) is 9.79 Å². The highest BCUT2D eigenvalue weighted by Gasteiger charge is 2.16. The molecule has 0 saturated carbocycles. The molecule has 0 unspecified atom stereocenters. The molecule has 0 aliphatic carbocycles. The third-order valence-corrected chi connectivity index (χ3v) is 7.03. The van der Waals surface area contributed by atoms with Gasteiger partial charge in [0.1, 0.15) is 19.0 Å². The van der Waals surface area contributed by atoms with Crippen LogP contribution in [-0.2, 0) is 14.8 Å². The lowest BCUT2D eigenvalue weighted by atomic mass is 10.3. The van der Waals surface area contributed by atoms with Gasteiger partial charge in [-0.05, 0) is 60.7 Å². The van der Waals surface area contributed by atoms with Gasteiger partial charge in [0.2, 0.25) is 5.91 Å². The first-order valence-corrected chi connectivity index (χ1v) is 12.5. The van der Waals surface area contributed by atoms with E-state index < -0.39 is 10.0 Å². The van der Waals surface area contributed by atoms with Crippen molar-refractivity contribution in [3.63, 3.8) is 0 Å². The number of ether oxygens (including phenoxy) is 3. The lowest BCUT2D eigenvalue weighted by Gasteiger charge is -2.18. The number of carbonyl (C=O) groups is 1. The Kier molecular flexibility index (Phi) is 6.95. The number of thioether (sulfide) groups is 1. The Hall–Kier alpha value is -3.37. The first kappa shape index (κ1) is 22.8. The van der Waals surface area contributed by atoms with Gasteiger partial charge < -0.3 is 19.5 Å². The predicted molar refractivity (Wildman–Crippen MR) is 127 cm³/mol. The molecule has 0 atom stereocenters. The number of benzene rings is 3. The number of hydrogen-bond acceptors (Lipinski definition) is 7. The molecular weight excluding hydrogens is 464 g/mol. The Morgan fingerprint density at radius 3 is 2.48 bits per heavy atom. The molecule has 0 radical (unpaired) electrons. The summed E-state index contributed by atoms with van der Waals surface area (Å²) in [5.41, 5.74) is 0.793. The summed E-state index contributed by atoms with van der Waals surface area (Å²) in [5.74, 6) is 1.87. The van der Waals surface area contributed by atoms with Crippen molar-refractivity contribution in [2.75, 3.05) is 36.1 Å². The van der Waals surface area contributed by atoms with Crippen LogP contribution >= 0.6 is 11.8 Å². The van der Waals surface area contributed by atoms with Crippen molar-refractivity contribution in [3.05, 3.63) is 66.7 Å². The maximum Gasteiger partial charge on any atom is 0.261 e. The van der Waals surface area contributed by atoms with E-state index in [1.807, 2.05) is 18.2 Å². The van der Waals surface area contributed by atoms with Crippen LogP contribution in [0.2, 0.25) is 0 Å². The van der Waals surface area contributed by atoms with Gasteiger partial charge in [0, 0.05) is 16.3 Å². The van der Waals surface area contributed by atoms with Crippen molar-refractivity contribution in [2.24, 2.45) is 0 Å². The van der Waals surface area contributed by atoms with E-state index in [1.54, 1.807) is 36.4 Å². The zero-order chi connectivity index (χ0) is 23.3. The third-order valence-electron chi connectivity index (χ3n) is 4.65. The summed E-state index contributed by atoms with van der Waals surface area (Å²) in [6.45, 7) is 1.01. The SMILES string of the molecule is COc1ccc(NS(=O)(=O)c2cccc(NC(=O)CSc3ccc4c(c3)OCCO4)c2)cc1. The van der Waals surface area contributed by atoms with Crippen LogP contribution in [0.4, 0.5) is 11.4 Å². The van der Waals surface area contributed by atoms with Crippen LogP contribution in [-0.4, -0.2) is 40.4 Å². The molecule has 1 aliphatic rings. The van der Waals surface area contributed by atoms with E-state index in [0.29, 0.717) is 41.8 Å². The van der Waals surface area contributed by atoms with Gasteiger partial charge in [-0.3, -0.25) is 9.52 Å². The van der Waals surface area contributed by atoms with Crippen LogP contribution in [0.25, 0.3) is 0 Å². The van der Waals surface area contributed by atoms with E-state index in [4.69, 9.17) is 14.2 Å². The molecule has 172 valence electrons. The lowest BCUT2D eigenvalue weighted by molar-refractivity contribution is -0.113. The minimum absolute atomic E-state index is 0.0376. The Balaban J connectivity index is 1.37. The fourth-order valence-electron chi connectivity index (χ4n) is 3.07. The molecule has 3 aromatic rings. The summed E-state index contributed by atoms with van der Waals surface area (Å²) in [5, 5.41) is 2.74. The van der Waals surface area contributed by atoms with Gasteiger partial charge in [-0.15, -0.1) is 11.8 Å². The number of carbonyl (C=O) groups excluding carboxylic acids is 1. The molecule has 1 aliphatic heterocycles. The van der Waals surface area contributed by atoms with Gasteiger partial charge >= 0.3 is 0 Å². The van der Waals surface area contributed by atoms with E-state index in [1.165, 1.54) is 31.0 Å². The molecule has 0 aromatic heterocycles. The van der Waals surface area contributed by atoms with Crippen LogP contribution in [0.5, 0.6) is 17.2 Å². The van der Waals surface area contributed by atoms with E-state index >= 15 is 0 Å². The smallest absolute Gasteiger partial charge is 0.261 e. The molecule has 1 amide bonds. The maximum absolute atomic E-state index is 12.7. The van der Waals surface area contributed by atoms with Gasteiger partial charge in [0.05, 0.1) is 17.8 Å². The Bertz CT molecular complexity index is 1250. The quantitative estimate of drug-likeness (QED) is 0.464. The summed E-state index contributed by atoms with van der Waals surface area (Å²) >= 11 is 1.35. The maximum atomic E-state index is 12.7. The molecule has 0 fully saturated rings. The highest BCUT2D eigenvalue weighted by molar-refractivity contribution is 8.00. The minimum atomic E-state index is -3.83. The standard InChI is InChI=1S/C23H22N2O6S2/c1-29-18-7-5-16(6-8-18)25-33(27,28)20-4-2-3-17(13-20)24-23(26)15-32-19-9-10-21-22(14-19)31-12-11-30-21/h2-10,13-14,25H,11-12,15H2,1H3,(H,24,26). The van der Waals surface area contributed by atoms with Gasteiger partial charge in [0.15, 0.2) is 11.5 Å². The molecule has 3 aromatic carbocycles. The van der Waals surface area contributed by atoms with E-state index in [9.17, 15) is 13.2 Å². The second-order valence-corrected chi connectivity index (χ2v) is 9.74. The number of nitrogens with one attached hydrogen (secondary N) is 2. The van der Waals surface area contributed by atoms with E-state index in [2.05, 4.69) is 10.0 Å². The fraction of sp³-hybridized carbons (Fsp3) is 0.174. The molecule has 10 heteroatoms. The number of fused-ring (bicyclic) bond motifs is 1.